The molecule has 6 nitrogen and oxygen atoms in total. The minimum atomic E-state index is -3.91. The minimum Gasteiger partial charge on any atom is -0.251 e. The standard InChI is InChI=1S/C7H4Cl2N4O2S/c8-4-1-2-5(10-3-4)6-11-7(13-12-6)16(9,14)15/h1-3H,(H,11,12,13). The average molecular weight is 279 g/mol. The number of aromatic amines is 1. The molecule has 0 saturated heterocycles. The zero-order valence-electron chi connectivity index (χ0n) is 7.55. The maximum Gasteiger partial charge on any atom is 0.296 e. The number of rotatable bonds is 2. The Kier molecular flexibility index (Phi) is 2.83. The van der Waals surface area contributed by atoms with Crippen molar-refractivity contribution in [2.45, 2.75) is 5.16 Å². The molecule has 0 aliphatic carbocycles. The van der Waals surface area contributed by atoms with Crippen LogP contribution in [0.25, 0.3) is 11.5 Å². The summed E-state index contributed by atoms with van der Waals surface area (Å²) in [6.45, 7) is 0. The molecule has 0 atom stereocenters. The Morgan fingerprint density at radius 2 is 2.06 bits per heavy atom. The minimum absolute atomic E-state index is 0.135. The van der Waals surface area contributed by atoms with E-state index in [1.807, 2.05) is 0 Å². The van der Waals surface area contributed by atoms with Crippen molar-refractivity contribution in [3.63, 3.8) is 0 Å². The number of aromatic nitrogens is 4. The summed E-state index contributed by atoms with van der Waals surface area (Å²) in [6, 6.07) is 3.16. The molecule has 16 heavy (non-hydrogen) atoms. The molecule has 2 heterocycles. The summed E-state index contributed by atoms with van der Waals surface area (Å²) in [6.07, 6.45) is 1.40. The molecule has 0 radical (unpaired) electrons. The first-order valence-electron chi connectivity index (χ1n) is 3.96. The summed E-state index contributed by atoms with van der Waals surface area (Å²) in [5, 5.41) is 5.93. The Labute approximate surface area is 100 Å². The average Bonchev–Trinajstić information content (AvgIpc) is 2.67. The van der Waals surface area contributed by atoms with Gasteiger partial charge in [-0.25, -0.2) is 13.5 Å². The molecule has 0 aliphatic heterocycles. The van der Waals surface area contributed by atoms with E-state index >= 15 is 0 Å². The van der Waals surface area contributed by atoms with Crippen LogP contribution in [0.15, 0.2) is 23.5 Å². The summed E-state index contributed by atoms with van der Waals surface area (Å²) >= 11 is 5.65. The molecule has 0 spiro atoms. The van der Waals surface area contributed by atoms with E-state index in [0.717, 1.165) is 0 Å². The van der Waals surface area contributed by atoms with E-state index in [0.29, 0.717) is 10.7 Å². The summed E-state index contributed by atoms with van der Waals surface area (Å²) < 4.78 is 21.8. The lowest BCUT2D eigenvalue weighted by atomic mass is 10.3. The van der Waals surface area contributed by atoms with Crippen LogP contribution in [0, 0.1) is 0 Å². The highest BCUT2D eigenvalue weighted by Gasteiger charge is 2.17. The number of nitrogens with one attached hydrogen (secondary N) is 1. The zero-order valence-corrected chi connectivity index (χ0v) is 9.88. The molecule has 1 N–H and O–H groups in total. The van der Waals surface area contributed by atoms with E-state index in [1.165, 1.54) is 6.20 Å². The van der Waals surface area contributed by atoms with Crippen LogP contribution in [0.1, 0.15) is 0 Å². The lowest BCUT2D eigenvalue weighted by Crippen LogP contribution is -1.93. The van der Waals surface area contributed by atoms with E-state index in [9.17, 15) is 8.42 Å². The highest BCUT2D eigenvalue weighted by atomic mass is 35.7. The first-order chi connectivity index (χ1) is 7.47. The van der Waals surface area contributed by atoms with Gasteiger partial charge in [-0.3, -0.25) is 4.98 Å². The van der Waals surface area contributed by atoms with Crippen LogP contribution in [-0.4, -0.2) is 28.6 Å². The molecule has 0 fully saturated rings. The van der Waals surface area contributed by atoms with Crippen molar-refractivity contribution in [2.75, 3.05) is 0 Å². The normalized spacial score (nSPS) is 11.6. The molecule has 84 valence electrons. The quantitative estimate of drug-likeness (QED) is 0.840. The Balaban J connectivity index is 2.43. The van der Waals surface area contributed by atoms with Gasteiger partial charge in [-0.15, -0.1) is 0 Å². The van der Waals surface area contributed by atoms with E-state index in [1.54, 1.807) is 12.1 Å². The number of H-pyrrole nitrogens is 1. The first kappa shape index (κ1) is 11.3. The predicted octanol–water partition coefficient (Wildman–Crippen LogP) is 1.45. The van der Waals surface area contributed by atoms with Gasteiger partial charge in [0.05, 0.1) is 5.02 Å². The highest BCUT2D eigenvalue weighted by molar-refractivity contribution is 8.13. The van der Waals surface area contributed by atoms with Gasteiger partial charge in [0.15, 0.2) is 0 Å². The molecule has 2 aromatic heterocycles. The Morgan fingerprint density at radius 3 is 2.56 bits per heavy atom. The number of hydrogen-bond donors (Lipinski definition) is 1. The van der Waals surface area contributed by atoms with Gasteiger partial charge >= 0.3 is 0 Å². The number of hydrogen-bond acceptors (Lipinski definition) is 5. The van der Waals surface area contributed by atoms with E-state index < -0.39 is 14.2 Å². The highest BCUT2D eigenvalue weighted by Crippen LogP contribution is 2.17. The summed E-state index contributed by atoms with van der Waals surface area (Å²) in [7, 11) is 1.17. The molecule has 2 aromatic rings. The molecule has 0 aromatic carbocycles. The van der Waals surface area contributed by atoms with Crippen LogP contribution < -0.4 is 0 Å². The fourth-order valence-electron chi connectivity index (χ4n) is 0.979. The van der Waals surface area contributed by atoms with Crippen LogP contribution in [0.3, 0.4) is 0 Å². The van der Waals surface area contributed by atoms with E-state index in [4.69, 9.17) is 22.3 Å². The topological polar surface area (TPSA) is 88.6 Å². The molecule has 0 bridgehead atoms. The van der Waals surface area contributed by atoms with Crippen LogP contribution in [0.4, 0.5) is 0 Å². The van der Waals surface area contributed by atoms with Crippen LogP contribution in [0.5, 0.6) is 0 Å². The van der Waals surface area contributed by atoms with Gasteiger partial charge in [0, 0.05) is 16.9 Å². The van der Waals surface area contributed by atoms with Gasteiger partial charge in [-0.05, 0) is 12.1 Å². The third-order valence-corrected chi connectivity index (χ3v) is 2.96. The fourth-order valence-corrected chi connectivity index (χ4v) is 1.65. The second-order valence-electron chi connectivity index (χ2n) is 2.76. The van der Waals surface area contributed by atoms with Crippen molar-refractivity contribution in [1.29, 1.82) is 0 Å². The molecular formula is C7H4Cl2N4O2S. The lowest BCUT2D eigenvalue weighted by molar-refractivity contribution is 0.602. The maximum atomic E-state index is 10.9. The second-order valence-corrected chi connectivity index (χ2v) is 5.68. The molecule has 9 heteroatoms. The van der Waals surface area contributed by atoms with Gasteiger partial charge in [-0.2, -0.15) is 10.1 Å². The maximum absolute atomic E-state index is 10.9. The van der Waals surface area contributed by atoms with Crippen molar-refractivity contribution < 1.29 is 8.42 Å². The number of pyridine rings is 1. The van der Waals surface area contributed by atoms with Gasteiger partial charge < -0.3 is 0 Å². The van der Waals surface area contributed by atoms with Crippen molar-refractivity contribution in [3.8, 4) is 11.5 Å². The third-order valence-electron chi connectivity index (χ3n) is 1.65. The zero-order chi connectivity index (χ0) is 11.8. The molecular weight excluding hydrogens is 275 g/mol. The smallest absolute Gasteiger partial charge is 0.251 e. The SMILES string of the molecule is O=S(=O)(Cl)c1nc(-c2ccc(Cl)cn2)n[nH]1. The molecule has 0 aliphatic rings. The van der Waals surface area contributed by atoms with E-state index in [-0.39, 0.29) is 5.82 Å². The number of nitrogens with zero attached hydrogens (tertiary/aromatic N) is 3. The summed E-state index contributed by atoms with van der Waals surface area (Å²) in [5.74, 6) is 0.135. The Morgan fingerprint density at radius 1 is 1.31 bits per heavy atom. The first-order valence-corrected chi connectivity index (χ1v) is 6.64. The predicted molar refractivity (Wildman–Crippen MR) is 57.7 cm³/mol. The lowest BCUT2D eigenvalue weighted by Gasteiger charge is -1.92. The van der Waals surface area contributed by atoms with Gasteiger partial charge in [0.25, 0.3) is 14.2 Å². The largest absolute Gasteiger partial charge is 0.296 e. The Bertz CT molecular complexity index is 608. The van der Waals surface area contributed by atoms with Crippen molar-refractivity contribution in [3.05, 3.63) is 23.4 Å². The molecule has 0 amide bonds. The monoisotopic (exact) mass is 278 g/mol. The van der Waals surface area contributed by atoms with Crippen molar-refractivity contribution in [2.24, 2.45) is 0 Å². The Hall–Kier alpha value is -1.18. The fraction of sp³-hybridized carbons (Fsp3) is 0. The number of halogens is 2. The van der Waals surface area contributed by atoms with Crippen LogP contribution >= 0.6 is 22.3 Å². The van der Waals surface area contributed by atoms with Crippen molar-refractivity contribution in [1.82, 2.24) is 20.2 Å². The molecule has 0 saturated carbocycles. The molecule has 0 unspecified atom stereocenters. The van der Waals surface area contributed by atoms with Crippen LogP contribution in [0.2, 0.25) is 5.02 Å². The third kappa shape index (κ3) is 2.31. The van der Waals surface area contributed by atoms with Gasteiger partial charge in [0.1, 0.15) is 5.69 Å². The van der Waals surface area contributed by atoms with Crippen molar-refractivity contribution >= 4 is 31.3 Å². The van der Waals surface area contributed by atoms with Crippen LogP contribution in [-0.2, 0) is 9.05 Å². The summed E-state index contributed by atoms with van der Waals surface area (Å²) in [4.78, 5) is 7.62. The van der Waals surface area contributed by atoms with Gasteiger partial charge in [0.2, 0.25) is 5.82 Å². The molecule has 2 rings (SSSR count). The van der Waals surface area contributed by atoms with Gasteiger partial charge in [-0.1, -0.05) is 11.6 Å². The second kappa shape index (κ2) is 4.00. The van der Waals surface area contributed by atoms with E-state index in [2.05, 4.69) is 20.2 Å². The summed E-state index contributed by atoms with van der Waals surface area (Å²) in [5.41, 5.74) is 0.396.